The monoisotopic (exact) mass is 424 g/mol. The molecule has 0 spiro atoms. The van der Waals surface area contributed by atoms with Crippen molar-refractivity contribution < 1.29 is 17.9 Å². The van der Waals surface area contributed by atoms with E-state index < -0.39 is 10.0 Å². The zero-order valence-corrected chi connectivity index (χ0v) is 18.8. The number of sulfonamides is 1. The fraction of sp³-hybridized carbons (Fsp3) is 0.727. The zero-order chi connectivity index (χ0) is 20.9. The molecule has 1 aromatic rings. The predicted molar refractivity (Wildman–Crippen MR) is 116 cm³/mol. The van der Waals surface area contributed by atoms with Crippen LogP contribution in [-0.4, -0.2) is 52.6 Å². The lowest BCUT2D eigenvalue weighted by atomic mass is 9.82. The smallest absolute Gasteiger partial charge is 0.209 e. The lowest BCUT2D eigenvalue weighted by Gasteiger charge is -2.35. The molecule has 1 aliphatic heterocycles. The minimum absolute atomic E-state index is 0.0394. The van der Waals surface area contributed by atoms with E-state index in [1.807, 2.05) is 6.92 Å². The Kier molecular flexibility index (Phi) is 7.96. The summed E-state index contributed by atoms with van der Waals surface area (Å²) in [4.78, 5) is 0. The van der Waals surface area contributed by atoms with Gasteiger partial charge in [-0.15, -0.1) is 0 Å². The first-order valence-electron chi connectivity index (χ1n) is 10.9. The van der Waals surface area contributed by atoms with E-state index in [4.69, 9.17) is 9.47 Å². The SMILES string of the molecule is CCOc1ccc(C)cc1[C@H]1CC[C@@H](OC[C@@H]2NCCC[C@@H]2NS(C)(=O)=O)CC1. The van der Waals surface area contributed by atoms with Gasteiger partial charge in [-0.05, 0) is 76.5 Å². The van der Waals surface area contributed by atoms with E-state index in [0.29, 0.717) is 19.1 Å². The number of piperidine rings is 1. The molecule has 6 nitrogen and oxygen atoms in total. The van der Waals surface area contributed by atoms with Gasteiger partial charge in [0.2, 0.25) is 10.0 Å². The molecule has 2 aliphatic rings. The number of rotatable bonds is 8. The summed E-state index contributed by atoms with van der Waals surface area (Å²) in [5, 5.41) is 3.43. The van der Waals surface area contributed by atoms with Crippen molar-refractivity contribution in [3.63, 3.8) is 0 Å². The molecule has 1 aromatic carbocycles. The second-order valence-electron chi connectivity index (χ2n) is 8.48. The van der Waals surface area contributed by atoms with E-state index in [1.54, 1.807) is 0 Å². The van der Waals surface area contributed by atoms with Crippen molar-refractivity contribution in [2.75, 3.05) is 26.0 Å². The van der Waals surface area contributed by atoms with Gasteiger partial charge in [-0.2, -0.15) is 0 Å². The molecule has 0 bridgehead atoms. The van der Waals surface area contributed by atoms with Crippen LogP contribution in [0, 0.1) is 6.92 Å². The van der Waals surface area contributed by atoms with Crippen LogP contribution in [0.4, 0.5) is 0 Å². The van der Waals surface area contributed by atoms with Gasteiger partial charge in [0.1, 0.15) is 5.75 Å². The minimum Gasteiger partial charge on any atom is -0.494 e. The van der Waals surface area contributed by atoms with Crippen LogP contribution in [0.3, 0.4) is 0 Å². The van der Waals surface area contributed by atoms with Gasteiger partial charge in [0.05, 0.1) is 25.6 Å². The lowest BCUT2D eigenvalue weighted by molar-refractivity contribution is 0.00511. The number of ether oxygens (including phenoxy) is 2. The van der Waals surface area contributed by atoms with Crippen LogP contribution < -0.4 is 14.8 Å². The molecular formula is C22H36N2O4S. The van der Waals surface area contributed by atoms with Crippen LogP contribution in [0.5, 0.6) is 5.75 Å². The Morgan fingerprint density at radius 3 is 2.62 bits per heavy atom. The number of hydrogen-bond donors (Lipinski definition) is 2. The highest BCUT2D eigenvalue weighted by atomic mass is 32.2. The highest BCUT2D eigenvalue weighted by molar-refractivity contribution is 7.88. The summed E-state index contributed by atoms with van der Waals surface area (Å²) >= 11 is 0. The summed E-state index contributed by atoms with van der Waals surface area (Å²) in [5.74, 6) is 1.53. The molecule has 1 heterocycles. The first-order chi connectivity index (χ1) is 13.9. The topological polar surface area (TPSA) is 76.7 Å². The standard InChI is InChI=1S/C22H36N2O4S/c1-4-27-22-12-7-16(2)14-19(22)17-8-10-18(11-9-17)28-15-21-20(6-5-13-23-21)24-29(3,25)26/h7,12,14,17-18,20-21,23-24H,4-6,8-11,13,15H2,1-3H3/t17-,18+,20-,21-/m0/s1. The van der Waals surface area contributed by atoms with E-state index in [-0.39, 0.29) is 18.2 Å². The second-order valence-corrected chi connectivity index (χ2v) is 10.3. The van der Waals surface area contributed by atoms with Gasteiger partial charge < -0.3 is 14.8 Å². The van der Waals surface area contributed by atoms with E-state index in [2.05, 4.69) is 35.2 Å². The highest BCUT2D eigenvalue weighted by Crippen LogP contribution is 2.39. The molecule has 0 unspecified atom stereocenters. The predicted octanol–water partition coefficient (Wildman–Crippen LogP) is 3.11. The number of aryl methyl sites for hydroxylation is 1. The summed E-state index contributed by atoms with van der Waals surface area (Å²) in [6.07, 6.45) is 7.55. The van der Waals surface area contributed by atoms with Crippen molar-refractivity contribution in [3.8, 4) is 5.75 Å². The number of nitrogens with one attached hydrogen (secondary N) is 2. The average molecular weight is 425 g/mol. The molecule has 1 aliphatic carbocycles. The van der Waals surface area contributed by atoms with Crippen LogP contribution in [0.15, 0.2) is 18.2 Å². The molecule has 2 fully saturated rings. The summed E-state index contributed by atoms with van der Waals surface area (Å²) in [6, 6.07) is 6.43. The van der Waals surface area contributed by atoms with Gasteiger partial charge in [-0.3, -0.25) is 0 Å². The van der Waals surface area contributed by atoms with Gasteiger partial charge in [-0.1, -0.05) is 17.7 Å². The molecule has 2 N–H and O–H groups in total. The molecule has 7 heteroatoms. The van der Waals surface area contributed by atoms with Gasteiger partial charge in [-0.25, -0.2) is 13.1 Å². The molecular weight excluding hydrogens is 388 g/mol. The fourth-order valence-electron chi connectivity index (χ4n) is 4.60. The molecule has 29 heavy (non-hydrogen) atoms. The molecule has 1 saturated heterocycles. The van der Waals surface area contributed by atoms with Crippen molar-refractivity contribution in [1.29, 1.82) is 0 Å². The van der Waals surface area contributed by atoms with Crippen molar-refractivity contribution in [2.24, 2.45) is 0 Å². The maximum atomic E-state index is 11.6. The quantitative estimate of drug-likeness (QED) is 0.671. The van der Waals surface area contributed by atoms with Crippen molar-refractivity contribution in [3.05, 3.63) is 29.3 Å². The van der Waals surface area contributed by atoms with E-state index in [9.17, 15) is 8.42 Å². The highest BCUT2D eigenvalue weighted by Gasteiger charge is 2.30. The molecule has 0 aromatic heterocycles. The molecule has 1 saturated carbocycles. The summed E-state index contributed by atoms with van der Waals surface area (Å²) < 4.78 is 38.1. The number of benzene rings is 1. The number of hydrogen-bond acceptors (Lipinski definition) is 5. The van der Waals surface area contributed by atoms with Crippen molar-refractivity contribution >= 4 is 10.0 Å². The largest absolute Gasteiger partial charge is 0.494 e. The Balaban J connectivity index is 1.52. The minimum atomic E-state index is -3.21. The Bertz CT molecular complexity index is 760. The third-order valence-electron chi connectivity index (χ3n) is 6.04. The van der Waals surface area contributed by atoms with E-state index in [0.717, 1.165) is 50.8 Å². The van der Waals surface area contributed by atoms with Gasteiger partial charge in [0.25, 0.3) is 0 Å². The van der Waals surface area contributed by atoms with Gasteiger partial charge in [0.15, 0.2) is 0 Å². The second kappa shape index (κ2) is 10.2. The first kappa shape index (κ1) is 22.5. The van der Waals surface area contributed by atoms with Crippen LogP contribution in [0.1, 0.15) is 62.5 Å². The Morgan fingerprint density at radius 2 is 1.93 bits per heavy atom. The fourth-order valence-corrected chi connectivity index (χ4v) is 5.43. The van der Waals surface area contributed by atoms with Crippen LogP contribution in [0.2, 0.25) is 0 Å². The maximum Gasteiger partial charge on any atom is 0.209 e. The van der Waals surface area contributed by atoms with Crippen LogP contribution >= 0.6 is 0 Å². The summed E-state index contributed by atoms with van der Waals surface area (Å²) in [7, 11) is -3.21. The Morgan fingerprint density at radius 1 is 1.17 bits per heavy atom. The maximum absolute atomic E-state index is 11.6. The summed E-state index contributed by atoms with van der Waals surface area (Å²) in [5.41, 5.74) is 2.60. The first-order valence-corrected chi connectivity index (χ1v) is 12.8. The average Bonchev–Trinajstić information content (AvgIpc) is 2.68. The third kappa shape index (κ3) is 6.67. The molecule has 0 amide bonds. The van der Waals surface area contributed by atoms with Crippen molar-refractivity contribution in [2.45, 2.75) is 76.5 Å². The molecule has 164 valence electrons. The van der Waals surface area contributed by atoms with E-state index >= 15 is 0 Å². The lowest BCUT2D eigenvalue weighted by Crippen LogP contribution is -2.55. The van der Waals surface area contributed by atoms with Gasteiger partial charge in [0, 0.05) is 12.1 Å². The molecule has 2 atom stereocenters. The summed E-state index contributed by atoms with van der Waals surface area (Å²) in [6.45, 7) is 6.31. The molecule has 3 rings (SSSR count). The Hall–Kier alpha value is -1.15. The third-order valence-corrected chi connectivity index (χ3v) is 6.77. The zero-order valence-electron chi connectivity index (χ0n) is 17.9. The molecule has 0 radical (unpaired) electrons. The van der Waals surface area contributed by atoms with Gasteiger partial charge >= 0.3 is 0 Å². The van der Waals surface area contributed by atoms with E-state index in [1.165, 1.54) is 17.4 Å². The normalized spacial score (nSPS) is 28.2. The van der Waals surface area contributed by atoms with Crippen LogP contribution in [-0.2, 0) is 14.8 Å². The van der Waals surface area contributed by atoms with Crippen molar-refractivity contribution in [1.82, 2.24) is 10.0 Å². The van der Waals surface area contributed by atoms with Crippen LogP contribution in [0.25, 0.3) is 0 Å². The Labute approximate surface area is 175 Å².